The van der Waals surface area contributed by atoms with Gasteiger partial charge in [0.2, 0.25) is 0 Å². The minimum Gasteiger partial charge on any atom is -0.398 e. The van der Waals surface area contributed by atoms with Gasteiger partial charge in [-0.1, -0.05) is 11.8 Å². The third-order valence-electron chi connectivity index (χ3n) is 1.68. The van der Waals surface area contributed by atoms with Gasteiger partial charge in [-0.25, -0.2) is 4.98 Å². The van der Waals surface area contributed by atoms with Crippen LogP contribution in [0.5, 0.6) is 0 Å². The molecule has 2 aromatic rings. The van der Waals surface area contributed by atoms with Crippen LogP contribution in [0.4, 0.5) is 5.69 Å². The summed E-state index contributed by atoms with van der Waals surface area (Å²) in [5, 5.41) is 8.68. The Bertz CT molecular complexity index is 501. The zero-order chi connectivity index (χ0) is 10.7. The van der Waals surface area contributed by atoms with Crippen LogP contribution in [0.25, 0.3) is 0 Å². The van der Waals surface area contributed by atoms with E-state index < -0.39 is 0 Å². The lowest BCUT2D eigenvalue weighted by Gasteiger charge is -2.02. The number of benzene rings is 1. The Morgan fingerprint density at radius 3 is 2.93 bits per heavy atom. The minimum absolute atomic E-state index is 0.564. The van der Waals surface area contributed by atoms with Gasteiger partial charge in [0.1, 0.15) is 6.33 Å². The van der Waals surface area contributed by atoms with Crippen LogP contribution in [-0.4, -0.2) is 9.36 Å². The van der Waals surface area contributed by atoms with E-state index in [0.29, 0.717) is 11.3 Å². The summed E-state index contributed by atoms with van der Waals surface area (Å²) in [5.41, 5.74) is 6.95. The highest BCUT2D eigenvalue weighted by Crippen LogP contribution is 2.32. The maximum atomic E-state index is 8.68. The molecule has 0 bridgehead atoms. The molecule has 15 heavy (non-hydrogen) atoms. The number of rotatable bonds is 2. The molecule has 4 nitrogen and oxygen atoms in total. The molecule has 2 rings (SSSR count). The maximum Gasteiger partial charge on any atom is 0.174 e. The fourth-order valence-electron chi connectivity index (χ4n) is 1.01. The van der Waals surface area contributed by atoms with E-state index in [1.807, 2.05) is 12.1 Å². The average Bonchev–Trinajstić information content (AvgIpc) is 2.74. The first-order valence-corrected chi connectivity index (χ1v) is 5.63. The van der Waals surface area contributed by atoms with Gasteiger partial charge in [0.15, 0.2) is 4.34 Å². The Morgan fingerprint density at radius 2 is 2.33 bits per heavy atom. The van der Waals surface area contributed by atoms with Crippen LogP contribution in [0.2, 0.25) is 0 Å². The van der Waals surface area contributed by atoms with Crippen LogP contribution in [0.15, 0.2) is 33.8 Å². The SMILES string of the molecule is N#Cc1ccc(Sc2ncns2)c(N)c1. The van der Waals surface area contributed by atoms with E-state index in [2.05, 4.69) is 9.36 Å². The van der Waals surface area contributed by atoms with E-state index in [9.17, 15) is 0 Å². The van der Waals surface area contributed by atoms with Crippen molar-refractivity contribution >= 4 is 29.0 Å². The Labute approximate surface area is 94.9 Å². The van der Waals surface area contributed by atoms with E-state index >= 15 is 0 Å². The molecule has 0 unspecified atom stereocenters. The van der Waals surface area contributed by atoms with Crippen molar-refractivity contribution in [2.75, 3.05) is 5.73 Å². The molecule has 0 atom stereocenters. The van der Waals surface area contributed by atoms with Crippen molar-refractivity contribution in [1.82, 2.24) is 9.36 Å². The molecule has 2 N–H and O–H groups in total. The predicted molar refractivity (Wildman–Crippen MR) is 59.6 cm³/mol. The van der Waals surface area contributed by atoms with Gasteiger partial charge in [0, 0.05) is 10.6 Å². The van der Waals surface area contributed by atoms with Gasteiger partial charge < -0.3 is 5.73 Å². The van der Waals surface area contributed by atoms with Crippen molar-refractivity contribution in [3.05, 3.63) is 30.1 Å². The fraction of sp³-hybridized carbons (Fsp3) is 0. The van der Waals surface area contributed by atoms with Gasteiger partial charge >= 0.3 is 0 Å². The van der Waals surface area contributed by atoms with Crippen LogP contribution >= 0.6 is 23.3 Å². The molecule has 74 valence electrons. The van der Waals surface area contributed by atoms with Crippen LogP contribution in [0, 0.1) is 11.3 Å². The normalized spacial score (nSPS) is 9.80. The van der Waals surface area contributed by atoms with E-state index in [1.54, 1.807) is 12.1 Å². The van der Waals surface area contributed by atoms with Crippen LogP contribution in [0.3, 0.4) is 0 Å². The highest BCUT2D eigenvalue weighted by molar-refractivity contribution is 8.01. The third kappa shape index (κ3) is 2.26. The molecule has 0 aliphatic heterocycles. The topological polar surface area (TPSA) is 75.6 Å². The molecular formula is C9H6N4S2. The molecule has 0 saturated heterocycles. The molecule has 0 aliphatic rings. The van der Waals surface area contributed by atoms with Crippen molar-refractivity contribution in [2.24, 2.45) is 0 Å². The molecule has 1 aromatic carbocycles. The summed E-state index contributed by atoms with van der Waals surface area (Å²) in [6, 6.07) is 7.25. The summed E-state index contributed by atoms with van der Waals surface area (Å²) in [7, 11) is 0. The lowest BCUT2D eigenvalue weighted by molar-refractivity contribution is 1.21. The van der Waals surface area contributed by atoms with Gasteiger partial charge in [-0.3, -0.25) is 0 Å². The van der Waals surface area contributed by atoms with Crippen molar-refractivity contribution in [3.8, 4) is 6.07 Å². The lowest BCUT2D eigenvalue weighted by atomic mass is 10.2. The van der Waals surface area contributed by atoms with Gasteiger partial charge in [-0.05, 0) is 29.7 Å². The predicted octanol–water partition coefficient (Wildman–Crippen LogP) is 2.14. The quantitative estimate of drug-likeness (QED) is 0.806. The van der Waals surface area contributed by atoms with Crippen molar-refractivity contribution in [3.63, 3.8) is 0 Å². The van der Waals surface area contributed by atoms with Crippen molar-refractivity contribution < 1.29 is 0 Å². The largest absolute Gasteiger partial charge is 0.398 e. The van der Waals surface area contributed by atoms with Gasteiger partial charge in [-0.2, -0.15) is 9.64 Å². The summed E-state index contributed by atoms with van der Waals surface area (Å²) in [6.07, 6.45) is 1.51. The molecule has 1 heterocycles. The Hall–Kier alpha value is -1.58. The molecule has 0 fully saturated rings. The summed E-state index contributed by atoms with van der Waals surface area (Å²) in [5.74, 6) is 0. The van der Waals surface area contributed by atoms with E-state index in [1.165, 1.54) is 29.6 Å². The zero-order valence-electron chi connectivity index (χ0n) is 7.54. The first kappa shape index (κ1) is 9.96. The number of hydrogen-bond acceptors (Lipinski definition) is 6. The second kappa shape index (κ2) is 4.29. The highest BCUT2D eigenvalue weighted by atomic mass is 32.2. The number of nitrogen functional groups attached to an aromatic ring is 1. The third-order valence-corrected chi connectivity index (χ3v) is 3.48. The smallest absolute Gasteiger partial charge is 0.174 e. The number of nitrogens with two attached hydrogens (primary N) is 1. The second-order valence-electron chi connectivity index (χ2n) is 2.67. The van der Waals surface area contributed by atoms with Crippen LogP contribution < -0.4 is 5.73 Å². The average molecular weight is 234 g/mol. The molecule has 0 aliphatic carbocycles. The lowest BCUT2D eigenvalue weighted by Crippen LogP contribution is -1.89. The van der Waals surface area contributed by atoms with Crippen molar-refractivity contribution in [2.45, 2.75) is 9.24 Å². The molecule has 0 saturated carbocycles. The second-order valence-corrected chi connectivity index (χ2v) is 4.74. The Morgan fingerprint density at radius 1 is 1.47 bits per heavy atom. The molecule has 0 radical (unpaired) electrons. The van der Waals surface area contributed by atoms with Crippen LogP contribution in [-0.2, 0) is 0 Å². The van der Waals surface area contributed by atoms with E-state index in [-0.39, 0.29) is 0 Å². The minimum atomic E-state index is 0.564. The number of nitrogens with zero attached hydrogens (tertiary/aromatic N) is 3. The van der Waals surface area contributed by atoms with Crippen molar-refractivity contribution in [1.29, 1.82) is 5.26 Å². The molecule has 6 heteroatoms. The van der Waals surface area contributed by atoms with Gasteiger partial charge in [0.25, 0.3) is 0 Å². The summed E-state index contributed by atoms with van der Waals surface area (Å²) in [6.45, 7) is 0. The van der Waals surface area contributed by atoms with E-state index in [4.69, 9.17) is 11.0 Å². The summed E-state index contributed by atoms with van der Waals surface area (Å²) >= 11 is 2.77. The molecule has 0 amide bonds. The van der Waals surface area contributed by atoms with Gasteiger partial charge in [-0.15, -0.1) is 0 Å². The first-order valence-electron chi connectivity index (χ1n) is 4.04. The van der Waals surface area contributed by atoms with Crippen LogP contribution in [0.1, 0.15) is 5.56 Å². The zero-order valence-corrected chi connectivity index (χ0v) is 9.18. The molecular weight excluding hydrogens is 228 g/mol. The fourth-order valence-corrected chi connectivity index (χ4v) is 2.44. The maximum absolute atomic E-state index is 8.68. The number of hydrogen-bond donors (Lipinski definition) is 1. The molecule has 1 aromatic heterocycles. The van der Waals surface area contributed by atoms with Gasteiger partial charge in [0.05, 0.1) is 11.6 Å². The Balaban J connectivity index is 2.27. The monoisotopic (exact) mass is 234 g/mol. The first-order chi connectivity index (χ1) is 7.29. The van der Waals surface area contributed by atoms with E-state index in [0.717, 1.165) is 9.24 Å². The summed E-state index contributed by atoms with van der Waals surface area (Å²) < 4.78 is 4.74. The number of aromatic nitrogens is 2. The standard InChI is InChI=1S/C9H6N4S2/c10-4-6-1-2-8(7(11)3-6)14-9-12-5-13-15-9/h1-3,5H,11H2. The highest BCUT2D eigenvalue weighted by Gasteiger charge is 2.05. The number of nitriles is 1. The summed E-state index contributed by atoms with van der Waals surface area (Å²) in [4.78, 5) is 4.94. The number of anilines is 1. The Kier molecular flexibility index (Phi) is 2.85. The molecule has 0 spiro atoms.